The molecule has 3 aromatic rings. The summed E-state index contributed by atoms with van der Waals surface area (Å²) < 4.78 is 62.0. The van der Waals surface area contributed by atoms with E-state index in [1.165, 1.54) is 24.3 Å². The first kappa shape index (κ1) is 22.4. The standard InChI is InChI=1S/C21H18F3N3O3S/c1-13-3-5-18(25-10-13)15-7-16(9-17(8-15)31(2,29)30)20(28)27-12-14-4-6-19(26-11-14)21(22,23)24/h3-11H,12H2,1-2H3,(H,27,28). The van der Waals surface area contributed by atoms with E-state index in [2.05, 4.69) is 15.3 Å². The molecule has 2 heterocycles. The Morgan fingerprint density at radius 1 is 1.03 bits per heavy atom. The monoisotopic (exact) mass is 449 g/mol. The molecule has 162 valence electrons. The zero-order chi connectivity index (χ0) is 22.8. The lowest BCUT2D eigenvalue weighted by molar-refractivity contribution is -0.141. The molecule has 0 fully saturated rings. The molecule has 0 aliphatic carbocycles. The molecule has 1 aromatic carbocycles. The van der Waals surface area contributed by atoms with E-state index in [-0.39, 0.29) is 17.0 Å². The maximum absolute atomic E-state index is 12.6. The predicted molar refractivity (Wildman–Crippen MR) is 108 cm³/mol. The van der Waals surface area contributed by atoms with Gasteiger partial charge in [0.05, 0.1) is 10.6 Å². The minimum Gasteiger partial charge on any atom is -0.348 e. The van der Waals surface area contributed by atoms with Crippen molar-refractivity contribution in [2.75, 3.05) is 6.26 Å². The van der Waals surface area contributed by atoms with Gasteiger partial charge in [0, 0.05) is 36.3 Å². The maximum Gasteiger partial charge on any atom is 0.433 e. The highest BCUT2D eigenvalue weighted by Gasteiger charge is 2.32. The van der Waals surface area contributed by atoms with Gasteiger partial charge in [-0.25, -0.2) is 8.42 Å². The second-order valence-corrected chi connectivity index (χ2v) is 8.99. The largest absolute Gasteiger partial charge is 0.433 e. The lowest BCUT2D eigenvalue weighted by Gasteiger charge is -2.11. The third-order valence-corrected chi connectivity index (χ3v) is 5.46. The van der Waals surface area contributed by atoms with Gasteiger partial charge in [0.25, 0.3) is 5.91 Å². The van der Waals surface area contributed by atoms with E-state index in [1.54, 1.807) is 12.3 Å². The third kappa shape index (κ3) is 5.66. The molecule has 6 nitrogen and oxygen atoms in total. The summed E-state index contributed by atoms with van der Waals surface area (Å²) in [6, 6.07) is 9.75. The van der Waals surface area contributed by atoms with Crippen LogP contribution in [0, 0.1) is 6.92 Å². The fourth-order valence-electron chi connectivity index (χ4n) is 2.71. The molecular formula is C21H18F3N3O3S. The fourth-order valence-corrected chi connectivity index (χ4v) is 3.39. The normalized spacial score (nSPS) is 11.9. The smallest absolute Gasteiger partial charge is 0.348 e. The summed E-state index contributed by atoms with van der Waals surface area (Å²) in [5.74, 6) is -0.584. The average Bonchev–Trinajstić information content (AvgIpc) is 2.71. The van der Waals surface area contributed by atoms with Gasteiger partial charge in [-0.15, -0.1) is 0 Å². The second kappa shape index (κ2) is 8.46. The molecule has 0 aliphatic rings. The van der Waals surface area contributed by atoms with Gasteiger partial charge >= 0.3 is 6.18 Å². The summed E-state index contributed by atoms with van der Waals surface area (Å²) in [7, 11) is -3.61. The number of rotatable bonds is 5. The van der Waals surface area contributed by atoms with E-state index >= 15 is 0 Å². The Morgan fingerprint density at radius 3 is 2.32 bits per heavy atom. The van der Waals surface area contributed by atoms with E-state index in [9.17, 15) is 26.4 Å². The van der Waals surface area contributed by atoms with Crippen LogP contribution in [0.1, 0.15) is 27.2 Å². The number of pyridine rings is 2. The first-order valence-electron chi connectivity index (χ1n) is 9.02. The van der Waals surface area contributed by atoms with Crippen LogP contribution in [0.2, 0.25) is 0 Å². The highest BCUT2D eigenvalue weighted by atomic mass is 32.2. The number of sulfone groups is 1. The third-order valence-electron chi connectivity index (χ3n) is 4.37. The molecule has 0 unspecified atom stereocenters. The molecule has 31 heavy (non-hydrogen) atoms. The molecule has 0 radical (unpaired) electrons. The summed E-state index contributed by atoms with van der Waals surface area (Å²) in [5, 5.41) is 2.56. The van der Waals surface area contributed by atoms with Crippen molar-refractivity contribution in [2.24, 2.45) is 0 Å². The molecular weight excluding hydrogens is 431 g/mol. The first-order valence-corrected chi connectivity index (χ1v) is 10.9. The van der Waals surface area contributed by atoms with Crippen LogP contribution in [0.25, 0.3) is 11.3 Å². The van der Waals surface area contributed by atoms with E-state index in [0.717, 1.165) is 24.1 Å². The molecule has 1 amide bonds. The fraction of sp³-hybridized carbons (Fsp3) is 0.190. The molecule has 0 aliphatic heterocycles. The number of amides is 1. The number of hydrogen-bond donors (Lipinski definition) is 1. The number of benzene rings is 1. The van der Waals surface area contributed by atoms with E-state index in [4.69, 9.17) is 0 Å². The molecule has 0 bridgehead atoms. The van der Waals surface area contributed by atoms with Crippen LogP contribution in [-0.4, -0.2) is 30.5 Å². The average molecular weight is 449 g/mol. The lowest BCUT2D eigenvalue weighted by atomic mass is 10.1. The van der Waals surface area contributed by atoms with E-state index in [0.29, 0.717) is 16.8 Å². The Bertz CT molecular complexity index is 1210. The van der Waals surface area contributed by atoms with Crippen LogP contribution in [0.4, 0.5) is 13.2 Å². The van der Waals surface area contributed by atoms with Crippen molar-refractivity contribution in [3.8, 4) is 11.3 Å². The van der Waals surface area contributed by atoms with Crippen molar-refractivity contribution >= 4 is 15.7 Å². The van der Waals surface area contributed by atoms with E-state index in [1.807, 2.05) is 13.0 Å². The summed E-state index contributed by atoms with van der Waals surface area (Å²) in [5.41, 5.74) is 1.28. The molecule has 1 N–H and O–H groups in total. The van der Waals surface area contributed by atoms with Gasteiger partial charge in [0.15, 0.2) is 9.84 Å². The number of aromatic nitrogens is 2. The summed E-state index contributed by atoms with van der Waals surface area (Å²) in [6.07, 6.45) is -0.865. The second-order valence-electron chi connectivity index (χ2n) is 6.97. The number of halogens is 3. The number of nitrogens with zero attached hydrogens (tertiary/aromatic N) is 2. The number of carbonyl (C=O) groups excluding carboxylic acids is 1. The predicted octanol–water partition coefficient (Wildman–Crippen LogP) is 3.80. The molecule has 10 heteroatoms. The van der Waals surface area contributed by atoms with Gasteiger partial charge in [-0.1, -0.05) is 12.1 Å². The quantitative estimate of drug-likeness (QED) is 0.640. The van der Waals surface area contributed by atoms with Crippen molar-refractivity contribution in [2.45, 2.75) is 24.5 Å². The van der Waals surface area contributed by atoms with Crippen molar-refractivity contribution in [3.05, 3.63) is 77.2 Å². The number of aryl methyl sites for hydroxylation is 1. The minimum atomic E-state index is -4.55. The molecule has 0 saturated carbocycles. The number of carbonyl (C=O) groups is 1. The number of nitrogens with one attached hydrogen (secondary N) is 1. The SMILES string of the molecule is Cc1ccc(-c2cc(C(=O)NCc3ccc(C(F)(F)F)nc3)cc(S(C)(=O)=O)c2)nc1. The van der Waals surface area contributed by atoms with Crippen LogP contribution in [0.3, 0.4) is 0 Å². The van der Waals surface area contributed by atoms with E-state index < -0.39 is 27.6 Å². The minimum absolute atomic E-state index is 0.0475. The van der Waals surface area contributed by atoms with Crippen LogP contribution in [-0.2, 0) is 22.6 Å². The zero-order valence-electron chi connectivity index (χ0n) is 16.6. The van der Waals surface area contributed by atoms with Gasteiger partial charge in [-0.3, -0.25) is 14.8 Å². The van der Waals surface area contributed by atoms with Gasteiger partial charge in [-0.2, -0.15) is 13.2 Å². The zero-order valence-corrected chi connectivity index (χ0v) is 17.4. The molecule has 0 saturated heterocycles. The highest BCUT2D eigenvalue weighted by molar-refractivity contribution is 7.90. The van der Waals surface area contributed by atoms with Crippen molar-refractivity contribution < 1.29 is 26.4 Å². The first-order chi connectivity index (χ1) is 14.4. The highest BCUT2D eigenvalue weighted by Crippen LogP contribution is 2.27. The van der Waals surface area contributed by atoms with Crippen molar-refractivity contribution in [1.29, 1.82) is 0 Å². The topological polar surface area (TPSA) is 89.0 Å². The van der Waals surface area contributed by atoms with Crippen molar-refractivity contribution in [3.63, 3.8) is 0 Å². The Hall–Kier alpha value is -3.27. The van der Waals surface area contributed by atoms with Gasteiger partial charge in [0.2, 0.25) is 0 Å². The molecule has 2 aromatic heterocycles. The van der Waals surface area contributed by atoms with Crippen LogP contribution in [0.5, 0.6) is 0 Å². The van der Waals surface area contributed by atoms with Crippen LogP contribution in [0.15, 0.2) is 59.8 Å². The maximum atomic E-state index is 12.6. The Labute approximate surface area is 177 Å². The summed E-state index contributed by atoms with van der Waals surface area (Å²) in [4.78, 5) is 20.2. The lowest BCUT2D eigenvalue weighted by Crippen LogP contribution is -2.23. The molecule has 0 atom stereocenters. The molecule has 0 spiro atoms. The molecule has 3 rings (SSSR count). The van der Waals surface area contributed by atoms with Crippen LogP contribution < -0.4 is 5.32 Å². The van der Waals surface area contributed by atoms with Gasteiger partial charge < -0.3 is 5.32 Å². The number of alkyl halides is 3. The Morgan fingerprint density at radius 2 is 1.77 bits per heavy atom. The van der Waals surface area contributed by atoms with Crippen molar-refractivity contribution in [1.82, 2.24) is 15.3 Å². The number of hydrogen-bond acceptors (Lipinski definition) is 5. The van der Waals surface area contributed by atoms with Gasteiger partial charge in [-0.05, 0) is 48.4 Å². The Kier molecular flexibility index (Phi) is 6.12. The van der Waals surface area contributed by atoms with Gasteiger partial charge in [0.1, 0.15) is 5.69 Å². The van der Waals surface area contributed by atoms with Crippen LogP contribution >= 0.6 is 0 Å². The Balaban J connectivity index is 1.86. The summed E-state index contributed by atoms with van der Waals surface area (Å²) in [6.45, 7) is 1.78. The summed E-state index contributed by atoms with van der Waals surface area (Å²) >= 11 is 0.